The van der Waals surface area contributed by atoms with E-state index in [9.17, 15) is 4.79 Å². The molecule has 0 atom stereocenters. The molecule has 1 aromatic heterocycles. The van der Waals surface area contributed by atoms with E-state index in [4.69, 9.17) is 4.74 Å². The van der Waals surface area contributed by atoms with Gasteiger partial charge in [-0.2, -0.15) is 0 Å². The molecule has 0 spiro atoms. The van der Waals surface area contributed by atoms with Crippen molar-refractivity contribution in [1.82, 2.24) is 15.3 Å². The molecule has 0 unspecified atom stereocenters. The number of amides is 1. The molecule has 0 fully saturated rings. The third-order valence-corrected chi connectivity index (χ3v) is 3.97. The van der Waals surface area contributed by atoms with E-state index in [0.717, 1.165) is 33.7 Å². The van der Waals surface area contributed by atoms with E-state index in [1.54, 1.807) is 7.11 Å². The zero-order chi connectivity index (χ0) is 16.9. The van der Waals surface area contributed by atoms with Gasteiger partial charge in [-0.25, -0.2) is 4.98 Å². The van der Waals surface area contributed by atoms with Crippen LogP contribution in [0.3, 0.4) is 0 Å². The average Bonchev–Trinajstić information content (AvgIpc) is 2.97. The van der Waals surface area contributed by atoms with Gasteiger partial charge in [0.2, 0.25) is 5.91 Å². The molecule has 0 aliphatic heterocycles. The van der Waals surface area contributed by atoms with Crippen molar-refractivity contribution in [3.05, 3.63) is 59.4 Å². The lowest BCUT2D eigenvalue weighted by atomic mass is 10.1. The van der Waals surface area contributed by atoms with Crippen LogP contribution >= 0.6 is 0 Å². The zero-order valence-corrected chi connectivity index (χ0v) is 13.9. The first-order valence-electron chi connectivity index (χ1n) is 7.99. The topological polar surface area (TPSA) is 67.0 Å². The summed E-state index contributed by atoms with van der Waals surface area (Å²) in [6.45, 7) is 2.44. The monoisotopic (exact) mass is 323 g/mol. The molecule has 2 N–H and O–H groups in total. The van der Waals surface area contributed by atoms with Crippen molar-refractivity contribution in [1.29, 1.82) is 0 Å². The fourth-order valence-corrected chi connectivity index (χ4v) is 2.74. The van der Waals surface area contributed by atoms with Crippen molar-refractivity contribution in [2.75, 3.05) is 7.11 Å². The van der Waals surface area contributed by atoms with Crippen LogP contribution in [0, 0.1) is 6.92 Å². The van der Waals surface area contributed by atoms with E-state index in [0.29, 0.717) is 19.4 Å². The molecule has 0 radical (unpaired) electrons. The second-order valence-electron chi connectivity index (χ2n) is 5.76. The number of hydrogen-bond acceptors (Lipinski definition) is 3. The summed E-state index contributed by atoms with van der Waals surface area (Å²) in [4.78, 5) is 19.7. The summed E-state index contributed by atoms with van der Waals surface area (Å²) >= 11 is 0. The molecule has 3 aromatic rings. The lowest BCUT2D eigenvalue weighted by Crippen LogP contribution is -2.23. The number of hydrogen-bond donors (Lipinski definition) is 2. The predicted molar refractivity (Wildman–Crippen MR) is 94.0 cm³/mol. The number of benzene rings is 2. The molecular formula is C19H21N3O2. The maximum atomic E-state index is 12.1. The fourth-order valence-electron chi connectivity index (χ4n) is 2.74. The Labute approximate surface area is 141 Å². The minimum absolute atomic E-state index is 0.0294. The Kier molecular flexibility index (Phi) is 4.79. The first kappa shape index (κ1) is 16.1. The van der Waals surface area contributed by atoms with Gasteiger partial charge in [0.05, 0.1) is 18.1 Å². The minimum atomic E-state index is 0.0294. The van der Waals surface area contributed by atoms with Crippen molar-refractivity contribution >= 4 is 16.9 Å². The highest BCUT2D eigenvalue weighted by Gasteiger charge is 2.07. The van der Waals surface area contributed by atoms with Crippen LogP contribution in [0.4, 0.5) is 0 Å². The Morgan fingerprint density at radius 3 is 2.92 bits per heavy atom. The Bertz CT molecular complexity index is 855. The largest absolute Gasteiger partial charge is 0.496 e. The van der Waals surface area contributed by atoms with Crippen LogP contribution in [-0.2, 0) is 17.8 Å². The second kappa shape index (κ2) is 7.17. The van der Waals surface area contributed by atoms with Crippen LogP contribution in [0.25, 0.3) is 11.0 Å². The summed E-state index contributed by atoms with van der Waals surface area (Å²) in [5, 5.41) is 2.96. The molecule has 5 heteroatoms. The number of carbonyl (C=O) groups is 1. The zero-order valence-electron chi connectivity index (χ0n) is 13.9. The van der Waals surface area contributed by atoms with Crippen molar-refractivity contribution in [2.45, 2.75) is 26.3 Å². The molecule has 0 aliphatic rings. The van der Waals surface area contributed by atoms with E-state index in [2.05, 4.69) is 15.3 Å². The van der Waals surface area contributed by atoms with Gasteiger partial charge in [0, 0.05) is 13.0 Å². The van der Waals surface area contributed by atoms with E-state index in [1.165, 1.54) is 0 Å². The molecule has 5 nitrogen and oxygen atoms in total. The summed E-state index contributed by atoms with van der Waals surface area (Å²) in [7, 11) is 1.65. The summed E-state index contributed by atoms with van der Waals surface area (Å²) in [6.07, 6.45) is 1.10. The van der Waals surface area contributed by atoms with E-state index in [1.807, 2.05) is 49.4 Å². The Morgan fingerprint density at radius 2 is 2.08 bits per heavy atom. The molecule has 0 bridgehead atoms. The van der Waals surface area contributed by atoms with Gasteiger partial charge in [0.15, 0.2) is 0 Å². The lowest BCUT2D eigenvalue weighted by molar-refractivity contribution is -0.121. The highest BCUT2D eigenvalue weighted by atomic mass is 16.5. The minimum Gasteiger partial charge on any atom is -0.496 e. The Balaban J connectivity index is 1.54. The number of methoxy groups -OCH3 is 1. The van der Waals surface area contributed by atoms with Crippen molar-refractivity contribution in [2.24, 2.45) is 0 Å². The predicted octanol–water partition coefficient (Wildman–Crippen LogP) is 3.13. The van der Waals surface area contributed by atoms with Gasteiger partial charge < -0.3 is 15.0 Å². The number of H-pyrrole nitrogens is 1. The van der Waals surface area contributed by atoms with Gasteiger partial charge in [-0.1, -0.05) is 24.3 Å². The molecule has 1 amide bonds. The SMILES string of the molecule is COc1ccccc1CCC(=O)NCc1ccc2nc(C)[nH]c2c1. The number of aromatic nitrogens is 2. The number of ether oxygens (including phenoxy) is 1. The van der Waals surface area contributed by atoms with Gasteiger partial charge in [-0.15, -0.1) is 0 Å². The Morgan fingerprint density at radius 1 is 1.25 bits per heavy atom. The van der Waals surface area contributed by atoms with Crippen molar-refractivity contribution < 1.29 is 9.53 Å². The number of rotatable bonds is 6. The smallest absolute Gasteiger partial charge is 0.220 e. The summed E-state index contributed by atoms with van der Waals surface area (Å²) in [6, 6.07) is 13.8. The number of imidazole rings is 1. The number of para-hydroxylation sites is 1. The standard InChI is InChI=1S/C19H21N3O2/c1-13-21-16-9-7-14(11-17(16)22-13)12-20-19(23)10-8-15-5-3-4-6-18(15)24-2/h3-7,9,11H,8,10,12H2,1-2H3,(H,20,23)(H,21,22). The van der Waals surface area contributed by atoms with Gasteiger partial charge >= 0.3 is 0 Å². The van der Waals surface area contributed by atoms with E-state index in [-0.39, 0.29) is 5.91 Å². The first-order chi connectivity index (χ1) is 11.7. The van der Waals surface area contributed by atoms with Crippen LogP contribution in [0.5, 0.6) is 5.75 Å². The van der Waals surface area contributed by atoms with Gasteiger partial charge in [-0.3, -0.25) is 4.79 Å². The number of fused-ring (bicyclic) bond motifs is 1. The molecule has 3 rings (SSSR count). The molecule has 2 aromatic carbocycles. The maximum absolute atomic E-state index is 12.1. The maximum Gasteiger partial charge on any atom is 0.220 e. The fraction of sp³-hybridized carbons (Fsp3) is 0.263. The van der Waals surface area contributed by atoms with Crippen LogP contribution in [-0.4, -0.2) is 23.0 Å². The molecule has 0 aliphatic carbocycles. The number of aryl methyl sites for hydroxylation is 2. The molecular weight excluding hydrogens is 302 g/mol. The molecule has 24 heavy (non-hydrogen) atoms. The summed E-state index contributed by atoms with van der Waals surface area (Å²) < 4.78 is 5.31. The number of carbonyl (C=O) groups excluding carboxylic acids is 1. The molecule has 0 saturated heterocycles. The van der Waals surface area contributed by atoms with Crippen molar-refractivity contribution in [3.63, 3.8) is 0 Å². The van der Waals surface area contributed by atoms with Crippen LogP contribution in [0.2, 0.25) is 0 Å². The van der Waals surface area contributed by atoms with Crippen LogP contribution < -0.4 is 10.1 Å². The number of aromatic amines is 1. The normalized spacial score (nSPS) is 10.8. The first-order valence-corrected chi connectivity index (χ1v) is 7.99. The quantitative estimate of drug-likeness (QED) is 0.732. The molecule has 1 heterocycles. The van der Waals surface area contributed by atoms with Gasteiger partial charge in [-0.05, 0) is 42.7 Å². The number of nitrogens with zero attached hydrogens (tertiary/aromatic N) is 1. The third-order valence-electron chi connectivity index (χ3n) is 3.97. The number of nitrogens with one attached hydrogen (secondary N) is 2. The van der Waals surface area contributed by atoms with E-state index < -0.39 is 0 Å². The molecule has 0 saturated carbocycles. The van der Waals surface area contributed by atoms with Gasteiger partial charge in [0.25, 0.3) is 0 Å². The van der Waals surface area contributed by atoms with E-state index >= 15 is 0 Å². The summed E-state index contributed by atoms with van der Waals surface area (Å²) in [5.41, 5.74) is 4.04. The second-order valence-corrected chi connectivity index (χ2v) is 5.76. The highest BCUT2D eigenvalue weighted by Crippen LogP contribution is 2.19. The van der Waals surface area contributed by atoms with Crippen molar-refractivity contribution in [3.8, 4) is 5.75 Å². The molecule has 124 valence electrons. The van der Waals surface area contributed by atoms with Gasteiger partial charge in [0.1, 0.15) is 11.6 Å². The lowest BCUT2D eigenvalue weighted by Gasteiger charge is -2.08. The Hall–Kier alpha value is -2.82. The highest BCUT2D eigenvalue weighted by molar-refractivity contribution is 5.77. The third kappa shape index (κ3) is 3.74. The van der Waals surface area contributed by atoms with Crippen LogP contribution in [0.15, 0.2) is 42.5 Å². The van der Waals surface area contributed by atoms with Crippen LogP contribution in [0.1, 0.15) is 23.4 Å². The average molecular weight is 323 g/mol. The summed E-state index contributed by atoms with van der Waals surface area (Å²) in [5.74, 6) is 1.75.